The van der Waals surface area contributed by atoms with Crippen molar-refractivity contribution in [2.75, 3.05) is 0 Å². The summed E-state index contributed by atoms with van der Waals surface area (Å²) >= 11 is 6.07. The minimum atomic E-state index is -0.454. The molecule has 0 spiro atoms. The van der Waals surface area contributed by atoms with Crippen molar-refractivity contribution in [1.29, 1.82) is 5.26 Å². The van der Waals surface area contributed by atoms with Crippen molar-refractivity contribution in [3.8, 4) is 6.07 Å². The highest BCUT2D eigenvalue weighted by atomic mass is 35.5. The SMILES string of the molecule is N#Cc1ccc(/C=C/C(=O)N(Cc2cccc(Cl)c2)Cc2ccccc2[N+](=O)[O-])cc1. The van der Waals surface area contributed by atoms with Crippen LogP contribution in [0, 0.1) is 21.4 Å². The van der Waals surface area contributed by atoms with Gasteiger partial charge >= 0.3 is 0 Å². The number of nitrogens with zero attached hydrogens (tertiary/aromatic N) is 3. The first-order valence-electron chi connectivity index (χ1n) is 9.40. The van der Waals surface area contributed by atoms with Gasteiger partial charge in [-0.25, -0.2) is 0 Å². The summed E-state index contributed by atoms with van der Waals surface area (Å²) in [6.45, 7) is 0.309. The summed E-state index contributed by atoms with van der Waals surface area (Å²) < 4.78 is 0. The third-order valence-corrected chi connectivity index (χ3v) is 4.82. The Bertz CT molecular complexity index is 1170. The van der Waals surface area contributed by atoms with Gasteiger partial charge in [0.1, 0.15) is 0 Å². The van der Waals surface area contributed by atoms with Gasteiger partial charge in [-0.3, -0.25) is 14.9 Å². The lowest BCUT2D eigenvalue weighted by Crippen LogP contribution is -2.28. The van der Waals surface area contributed by atoms with Crippen LogP contribution in [0.4, 0.5) is 5.69 Å². The van der Waals surface area contributed by atoms with Gasteiger partial charge in [-0.15, -0.1) is 0 Å². The highest BCUT2D eigenvalue weighted by Crippen LogP contribution is 2.22. The van der Waals surface area contributed by atoms with Crippen molar-refractivity contribution < 1.29 is 9.72 Å². The Morgan fingerprint density at radius 2 is 1.81 bits per heavy atom. The van der Waals surface area contributed by atoms with Gasteiger partial charge in [0.15, 0.2) is 0 Å². The number of hydrogen-bond acceptors (Lipinski definition) is 4. The maximum absolute atomic E-state index is 13.0. The molecule has 0 aliphatic heterocycles. The Hall–Kier alpha value is -3.95. The minimum Gasteiger partial charge on any atom is -0.330 e. The number of amides is 1. The lowest BCUT2D eigenvalue weighted by atomic mass is 10.1. The molecule has 0 bridgehead atoms. The summed E-state index contributed by atoms with van der Waals surface area (Å²) in [5.74, 6) is -0.303. The number of carbonyl (C=O) groups excluding carboxylic acids is 1. The average Bonchev–Trinajstić information content (AvgIpc) is 2.77. The summed E-state index contributed by atoms with van der Waals surface area (Å²) in [7, 11) is 0. The Balaban J connectivity index is 1.87. The van der Waals surface area contributed by atoms with Crippen LogP contribution in [0.2, 0.25) is 5.02 Å². The van der Waals surface area contributed by atoms with E-state index in [-0.39, 0.29) is 24.7 Å². The van der Waals surface area contributed by atoms with Crippen molar-refractivity contribution in [1.82, 2.24) is 4.90 Å². The Kier molecular flexibility index (Phi) is 7.15. The molecule has 0 aromatic heterocycles. The van der Waals surface area contributed by atoms with Gasteiger partial charge in [-0.1, -0.05) is 54.1 Å². The van der Waals surface area contributed by atoms with Crippen LogP contribution < -0.4 is 0 Å². The Morgan fingerprint density at radius 3 is 2.48 bits per heavy atom. The van der Waals surface area contributed by atoms with Crippen LogP contribution >= 0.6 is 11.6 Å². The predicted molar refractivity (Wildman–Crippen MR) is 119 cm³/mol. The number of nitro groups is 1. The predicted octanol–water partition coefficient (Wildman–Crippen LogP) is 5.36. The van der Waals surface area contributed by atoms with E-state index in [4.69, 9.17) is 16.9 Å². The van der Waals surface area contributed by atoms with E-state index in [0.717, 1.165) is 11.1 Å². The molecule has 7 heteroatoms. The molecule has 3 aromatic carbocycles. The van der Waals surface area contributed by atoms with E-state index in [2.05, 4.69) is 0 Å². The van der Waals surface area contributed by atoms with Gasteiger partial charge in [-0.2, -0.15) is 5.26 Å². The molecule has 0 atom stereocenters. The first-order chi connectivity index (χ1) is 15.0. The van der Waals surface area contributed by atoms with E-state index < -0.39 is 4.92 Å². The number of halogens is 1. The number of para-hydroxylation sites is 1. The van der Waals surface area contributed by atoms with Gasteiger partial charge in [0, 0.05) is 29.3 Å². The van der Waals surface area contributed by atoms with E-state index in [1.54, 1.807) is 66.7 Å². The molecular weight excluding hydrogens is 414 g/mol. The molecule has 0 N–H and O–H groups in total. The van der Waals surface area contributed by atoms with Crippen LogP contribution in [0.15, 0.2) is 78.9 Å². The minimum absolute atomic E-state index is 0.0394. The molecule has 0 radical (unpaired) electrons. The maximum atomic E-state index is 13.0. The number of hydrogen-bond donors (Lipinski definition) is 0. The molecule has 6 nitrogen and oxygen atoms in total. The van der Waals surface area contributed by atoms with E-state index in [0.29, 0.717) is 16.1 Å². The zero-order valence-electron chi connectivity index (χ0n) is 16.4. The molecule has 0 aliphatic carbocycles. The second-order valence-corrected chi connectivity index (χ2v) is 7.21. The van der Waals surface area contributed by atoms with Crippen LogP contribution in [0.1, 0.15) is 22.3 Å². The first kappa shape index (κ1) is 21.8. The van der Waals surface area contributed by atoms with Crippen molar-refractivity contribution in [3.63, 3.8) is 0 Å². The van der Waals surface area contributed by atoms with Crippen LogP contribution in [0.25, 0.3) is 6.08 Å². The topological polar surface area (TPSA) is 87.2 Å². The standard InChI is InChI=1S/C24H18ClN3O3/c25-22-6-3-4-20(14-22)16-27(17-21-5-1-2-7-23(21)28(30)31)24(29)13-12-18-8-10-19(15-26)11-9-18/h1-14H,16-17H2/b13-12+. The number of benzene rings is 3. The van der Waals surface area contributed by atoms with Gasteiger partial charge in [0.25, 0.3) is 5.69 Å². The van der Waals surface area contributed by atoms with E-state index >= 15 is 0 Å². The molecule has 3 rings (SSSR count). The van der Waals surface area contributed by atoms with Crippen LogP contribution in [0.3, 0.4) is 0 Å². The third-order valence-electron chi connectivity index (χ3n) is 4.58. The van der Waals surface area contributed by atoms with Crippen molar-refractivity contribution >= 4 is 29.3 Å². The zero-order valence-corrected chi connectivity index (χ0v) is 17.2. The summed E-state index contributed by atoms with van der Waals surface area (Å²) in [6.07, 6.45) is 3.06. The molecule has 0 unspecified atom stereocenters. The lowest BCUT2D eigenvalue weighted by Gasteiger charge is -2.22. The fourth-order valence-electron chi connectivity index (χ4n) is 3.04. The fourth-order valence-corrected chi connectivity index (χ4v) is 3.25. The molecule has 31 heavy (non-hydrogen) atoms. The largest absolute Gasteiger partial charge is 0.330 e. The second-order valence-electron chi connectivity index (χ2n) is 6.78. The highest BCUT2D eigenvalue weighted by Gasteiger charge is 2.19. The summed E-state index contributed by atoms with van der Waals surface area (Å²) in [5.41, 5.74) is 2.51. The van der Waals surface area contributed by atoms with Crippen LogP contribution in [-0.2, 0) is 17.9 Å². The van der Waals surface area contributed by atoms with Crippen molar-refractivity contribution in [2.45, 2.75) is 13.1 Å². The number of rotatable bonds is 7. The molecule has 154 valence electrons. The third kappa shape index (κ3) is 6.01. The Labute approximate surface area is 184 Å². The normalized spacial score (nSPS) is 10.6. The molecule has 0 fully saturated rings. The summed E-state index contributed by atoms with van der Waals surface area (Å²) in [6, 6.07) is 22.4. The van der Waals surface area contributed by atoms with Gasteiger partial charge < -0.3 is 4.90 Å². The maximum Gasteiger partial charge on any atom is 0.274 e. The van der Waals surface area contributed by atoms with Crippen LogP contribution in [-0.4, -0.2) is 15.7 Å². The van der Waals surface area contributed by atoms with Gasteiger partial charge in [0.2, 0.25) is 5.91 Å². The quantitative estimate of drug-likeness (QED) is 0.286. The average molecular weight is 432 g/mol. The molecule has 0 saturated heterocycles. The first-order valence-corrected chi connectivity index (χ1v) is 9.78. The number of nitro benzene ring substituents is 1. The summed E-state index contributed by atoms with van der Waals surface area (Å²) in [4.78, 5) is 25.5. The van der Waals surface area contributed by atoms with E-state index in [1.165, 1.54) is 17.0 Å². The van der Waals surface area contributed by atoms with Crippen LogP contribution in [0.5, 0.6) is 0 Å². The second kappa shape index (κ2) is 10.2. The molecule has 0 saturated carbocycles. The molecule has 1 amide bonds. The van der Waals surface area contributed by atoms with Crippen molar-refractivity contribution in [2.24, 2.45) is 0 Å². The molecule has 3 aromatic rings. The van der Waals surface area contributed by atoms with Crippen molar-refractivity contribution in [3.05, 3.63) is 116 Å². The highest BCUT2D eigenvalue weighted by molar-refractivity contribution is 6.30. The monoisotopic (exact) mass is 431 g/mol. The Morgan fingerprint density at radius 1 is 1.06 bits per heavy atom. The lowest BCUT2D eigenvalue weighted by molar-refractivity contribution is -0.385. The molecule has 0 heterocycles. The molecule has 0 aliphatic rings. The van der Waals surface area contributed by atoms with Gasteiger partial charge in [0.05, 0.1) is 23.1 Å². The summed E-state index contributed by atoms with van der Waals surface area (Å²) in [5, 5.41) is 20.8. The van der Waals surface area contributed by atoms with E-state index in [1.807, 2.05) is 12.1 Å². The zero-order chi connectivity index (χ0) is 22.2. The van der Waals surface area contributed by atoms with E-state index in [9.17, 15) is 14.9 Å². The number of nitriles is 1. The molecular formula is C24H18ClN3O3. The smallest absolute Gasteiger partial charge is 0.274 e. The van der Waals surface area contributed by atoms with Gasteiger partial charge in [-0.05, 0) is 41.5 Å². The fraction of sp³-hybridized carbons (Fsp3) is 0.0833. The number of carbonyl (C=O) groups is 1.